The predicted octanol–water partition coefficient (Wildman–Crippen LogP) is 3.90. The van der Waals surface area contributed by atoms with Crippen LogP contribution in [0, 0.1) is 12.8 Å². The number of rotatable bonds is 12. The lowest BCUT2D eigenvalue weighted by molar-refractivity contribution is -0.118. The van der Waals surface area contributed by atoms with E-state index in [9.17, 15) is 18.0 Å². The van der Waals surface area contributed by atoms with Crippen LogP contribution in [0.1, 0.15) is 49.5 Å². The van der Waals surface area contributed by atoms with Gasteiger partial charge in [0.1, 0.15) is 5.75 Å². The zero-order valence-electron chi connectivity index (χ0n) is 19.5. The highest BCUT2D eigenvalue weighted by atomic mass is 32.2. The summed E-state index contributed by atoms with van der Waals surface area (Å²) in [6.45, 7) is 8.06. The smallest absolute Gasteiger partial charge is 0.338 e. The van der Waals surface area contributed by atoms with E-state index in [-0.39, 0.29) is 23.3 Å². The number of anilines is 1. The molecule has 0 spiro atoms. The van der Waals surface area contributed by atoms with Crippen molar-refractivity contribution in [3.05, 3.63) is 53.6 Å². The van der Waals surface area contributed by atoms with Crippen LogP contribution in [0.25, 0.3) is 0 Å². The van der Waals surface area contributed by atoms with E-state index < -0.39 is 16.0 Å². The Labute approximate surface area is 195 Å². The molecule has 0 saturated carbocycles. The molecule has 2 aromatic carbocycles. The molecular weight excluding hydrogens is 444 g/mol. The fraction of sp³-hybridized carbons (Fsp3) is 0.417. The number of unbranched alkanes of at least 4 members (excludes halogenated alkanes) is 1. The minimum Gasteiger partial charge on any atom is -0.483 e. The molecule has 8 nitrogen and oxygen atoms in total. The number of hydrogen-bond donors (Lipinski definition) is 2. The lowest BCUT2D eigenvalue weighted by atomic mass is 10.2. The molecule has 0 aliphatic heterocycles. The molecule has 0 heterocycles. The predicted molar refractivity (Wildman–Crippen MR) is 127 cm³/mol. The van der Waals surface area contributed by atoms with Crippen molar-refractivity contribution in [2.45, 2.75) is 45.4 Å². The maximum Gasteiger partial charge on any atom is 0.338 e. The molecule has 2 rings (SSSR count). The molecule has 0 atom stereocenters. The molecule has 0 aliphatic carbocycles. The Balaban J connectivity index is 1.90. The molecule has 33 heavy (non-hydrogen) atoms. The second-order valence-corrected chi connectivity index (χ2v) is 9.84. The highest BCUT2D eigenvalue weighted by molar-refractivity contribution is 7.89. The van der Waals surface area contributed by atoms with Crippen molar-refractivity contribution in [1.29, 1.82) is 0 Å². The number of esters is 1. The SMILES string of the molecule is CCCCOC(=O)c1ccc(NC(=O)COc2ccc(S(=O)(=O)NCC(C)C)cc2C)cc1. The van der Waals surface area contributed by atoms with E-state index in [1.54, 1.807) is 31.2 Å². The fourth-order valence-electron chi connectivity index (χ4n) is 2.73. The highest BCUT2D eigenvalue weighted by Crippen LogP contribution is 2.22. The van der Waals surface area contributed by atoms with Crippen LogP contribution >= 0.6 is 0 Å². The van der Waals surface area contributed by atoms with Crippen LogP contribution in [0.15, 0.2) is 47.4 Å². The molecule has 0 radical (unpaired) electrons. The minimum absolute atomic E-state index is 0.144. The lowest BCUT2D eigenvalue weighted by Gasteiger charge is -2.13. The van der Waals surface area contributed by atoms with Crippen LogP contribution in [0.2, 0.25) is 0 Å². The molecule has 0 fully saturated rings. The maximum atomic E-state index is 12.4. The van der Waals surface area contributed by atoms with E-state index in [0.29, 0.717) is 35.7 Å². The van der Waals surface area contributed by atoms with Gasteiger partial charge in [-0.25, -0.2) is 17.9 Å². The Hall–Kier alpha value is -2.91. The number of carbonyl (C=O) groups is 2. The van der Waals surface area contributed by atoms with Crippen molar-refractivity contribution >= 4 is 27.6 Å². The summed E-state index contributed by atoms with van der Waals surface area (Å²) in [6.07, 6.45) is 1.76. The van der Waals surface area contributed by atoms with Crippen LogP contribution in [0.3, 0.4) is 0 Å². The van der Waals surface area contributed by atoms with Crippen molar-refractivity contribution < 1.29 is 27.5 Å². The van der Waals surface area contributed by atoms with Gasteiger partial charge in [0.15, 0.2) is 6.61 Å². The van der Waals surface area contributed by atoms with Gasteiger partial charge in [0.2, 0.25) is 10.0 Å². The Morgan fingerprint density at radius 3 is 2.36 bits per heavy atom. The van der Waals surface area contributed by atoms with Gasteiger partial charge in [-0.05, 0) is 67.3 Å². The highest BCUT2D eigenvalue weighted by Gasteiger charge is 2.16. The topological polar surface area (TPSA) is 111 Å². The Morgan fingerprint density at radius 1 is 1.06 bits per heavy atom. The summed E-state index contributed by atoms with van der Waals surface area (Å²) >= 11 is 0. The van der Waals surface area contributed by atoms with Crippen LogP contribution in [-0.4, -0.2) is 40.1 Å². The van der Waals surface area contributed by atoms with Gasteiger partial charge in [0.25, 0.3) is 5.91 Å². The zero-order valence-corrected chi connectivity index (χ0v) is 20.3. The van der Waals surface area contributed by atoms with Gasteiger partial charge < -0.3 is 14.8 Å². The summed E-state index contributed by atoms with van der Waals surface area (Å²) < 4.78 is 38.0. The summed E-state index contributed by atoms with van der Waals surface area (Å²) in [5, 5.41) is 2.69. The first-order valence-corrected chi connectivity index (χ1v) is 12.4. The Morgan fingerprint density at radius 2 is 1.76 bits per heavy atom. The van der Waals surface area contributed by atoms with Crippen molar-refractivity contribution in [1.82, 2.24) is 4.72 Å². The number of benzene rings is 2. The number of nitrogens with one attached hydrogen (secondary N) is 2. The fourth-order valence-corrected chi connectivity index (χ4v) is 4.03. The molecule has 2 N–H and O–H groups in total. The van der Waals surface area contributed by atoms with E-state index in [2.05, 4.69) is 10.0 Å². The molecule has 0 bridgehead atoms. The number of amides is 1. The number of hydrogen-bond acceptors (Lipinski definition) is 6. The molecule has 0 aromatic heterocycles. The zero-order chi connectivity index (χ0) is 24.4. The molecule has 180 valence electrons. The van der Waals surface area contributed by atoms with E-state index in [1.807, 2.05) is 20.8 Å². The van der Waals surface area contributed by atoms with Gasteiger partial charge in [-0.2, -0.15) is 0 Å². The first kappa shape index (κ1) is 26.3. The van der Waals surface area contributed by atoms with Crippen LogP contribution in [0.4, 0.5) is 5.69 Å². The number of carbonyl (C=O) groups excluding carboxylic acids is 2. The van der Waals surface area contributed by atoms with Gasteiger partial charge in [0, 0.05) is 12.2 Å². The van der Waals surface area contributed by atoms with E-state index in [0.717, 1.165) is 12.8 Å². The van der Waals surface area contributed by atoms with E-state index >= 15 is 0 Å². The Kier molecular flexibility index (Phi) is 9.87. The summed E-state index contributed by atoms with van der Waals surface area (Å²) in [6, 6.07) is 10.9. The van der Waals surface area contributed by atoms with Crippen molar-refractivity contribution in [3.8, 4) is 5.75 Å². The average molecular weight is 477 g/mol. The Bertz CT molecular complexity index is 1050. The van der Waals surface area contributed by atoms with Crippen molar-refractivity contribution in [2.75, 3.05) is 25.1 Å². The molecule has 9 heteroatoms. The third-order valence-corrected chi connectivity index (χ3v) is 6.05. The van der Waals surface area contributed by atoms with Crippen molar-refractivity contribution in [2.24, 2.45) is 5.92 Å². The third-order valence-electron chi connectivity index (χ3n) is 4.63. The van der Waals surface area contributed by atoms with Crippen LogP contribution in [0.5, 0.6) is 5.75 Å². The molecule has 1 amide bonds. The van der Waals surface area contributed by atoms with Crippen molar-refractivity contribution in [3.63, 3.8) is 0 Å². The van der Waals surface area contributed by atoms with Gasteiger partial charge in [-0.15, -0.1) is 0 Å². The van der Waals surface area contributed by atoms with Crippen LogP contribution < -0.4 is 14.8 Å². The lowest BCUT2D eigenvalue weighted by Crippen LogP contribution is -2.27. The maximum absolute atomic E-state index is 12.4. The monoisotopic (exact) mass is 476 g/mol. The second kappa shape index (κ2) is 12.4. The number of aryl methyl sites for hydroxylation is 1. The van der Waals surface area contributed by atoms with Gasteiger partial charge in [-0.1, -0.05) is 27.2 Å². The molecular formula is C24H32N2O6S. The summed E-state index contributed by atoms with van der Waals surface area (Å²) in [5.41, 5.74) is 1.53. The van der Waals surface area contributed by atoms with Crippen LogP contribution in [-0.2, 0) is 19.6 Å². The quantitative estimate of drug-likeness (QED) is 0.355. The number of sulfonamides is 1. The van der Waals surface area contributed by atoms with Gasteiger partial charge in [0.05, 0.1) is 17.1 Å². The molecule has 0 aliphatic rings. The normalized spacial score (nSPS) is 11.3. The minimum atomic E-state index is -3.60. The summed E-state index contributed by atoms with van der Waals surface area (Å²) in [7, 11) is -3.60. The third kappa shape index (κ3) is 8.51. The average Bonchev–Trinajstić information content (AvgIpc) is 2.77. The van der Waals surface area contributed by atoms with E-state index in [1.165, 1.54) is 18.2 Å². The standard InChI is InChI=1S/C24H32N2O6S/c1-5-6-13-31-24(28)19-7-9-20(10-8-19)26-23(27)16-32-22-12-11-21(14-18(22)4)33(29,30)25-15-17(2)3/h7-12,14,17,25H,5-6,13,15-16H2,1-4H3,(H,26,27). The molecule has 0 saturated heterocycles. The van der Waals surface area contributed by atoms with E-state index in [4.69, 9.17) is 9.47 Å². The van der Waals surface area contributed by atoms with Gasteiger partial charge in [-0.3, -0.25) is 4.79 Å². The summed E-state index contributed by atoms with van der Waals surface area (Å²) in [4.78, 5) is 24.3. The van der Waals surface area contributed by atoms with Gasteiger partial charge >= 0.3 is 5.97 Å². The largest absolute Gasteiger partial charge is 0.483 e. The first-order valence-electron chi connectivity index (χ1n) is 10.9. The second-order valence-electron chi connectivity index (χ2n) is 8.08. The number of ether oxygens (including phenoxy) is 2. The summed E-state index contributed by atoms with van der Waals surface area (Å²) in [5.74, 6) is -0.177. The molecule has 2 aromatic rings. The first-order chi connectivity index (χ1) is 15.6. The molecule has 0 unspecified atom stereocenters.